The van der Waals surface area contributed by atoms with Gasteiger partial charge in [-0.15, -0.1) is 0 Å². The average Bonchev–Trinajstić information content (AvgIpc) is 2.79. The Morgan fingerprint density at radius 3 is 2.32 bits per heavy atom. The van der Waals surface area contributed by atoms with Gasteiger partial charge in [0.15, 0.2) is 11.5 Å². The van der Waals surface area contributed by atoms with Gasteiger partial charge in [0.2, 0.25) is 0 Å². The molecule has 3 aromatic rings. The number of benzene rings is 3. The molecule has 0 aliphatic carbocycles. The lowest BCUT2D eigenvalue weighted by Crippen LogP contribution is -2.30. The molecule has 0 unspecified atom stereocenters. The quantitative estimate of drug-likeness (QED) is 0.432. The first kappa shape index (κ1) is 20.5. The lowest BCUT2D eigenvalue weighted by molar-refractivity contribution is -0.384. The summed E-state index contributed by atoms with van der Waals surface area (Å²) in [6.07, 6.45) is 0. The maximum atomic E-state index is 11.4. The Bertz CT molecular complexity index is 1110. The first-order valence-electron chi connectivity index (χ1n) is 9.98. The fourth-order valence-electron chi connectivity index (χ4n) is 4.40. The van der Waals surface area contributed by atoms with Crippen molar-refractivity contribution in [2.75, 3.05) is 19.5 Å². The van der Waals surface area contributed by atoms with E-state index in [1.54, 1.807) is 31.4 Å². The van der Waals surface area contributed by atoms with E-state index < -0.39 is 0 Å². The number of hydrogen-bond acceptors (Lipinski definition) is 6. The van der Waals surface area contributed by atoms with Gasteiger partial charge in [-0.25, -0.2) is 0 Å². The molecule has 2 N–H and O–H groups in total. The highest BCUT2D eigenvalue weighted by Crippen LogP contribution is 2.49. The van der Waals surface area contributed by atoms with Crippen molar-refractivity contribution in [3.8, 4) is 17.2 Å². The number of rotatable bonds is 5. The molecule has 1 heterocycles. The summed E-state index contributed by atoms with van der Waals surface area (Å²) < 4.78 is 10.6. The monoisotopic (exact) mass is 420 g/mol. The van der Waals surface area contributed by atoms with Gasteiger partial charge in [-0.3, -0.25) is 10.1 Å². The van der Waals surface area contributed by atoms with E-state index in [0.29, 0.717) is 5.75 Å². The van der Waals surface area contributed by atoms with Crippen molar-refractivity contribution in [3.05, 3.63) is 87.5 Å². The Hall–Kier alpha value is -3.74. The Kier molecular flexibility index (Phi) is 5.42. The molecular formula is C24H24N2O5. The fourth-order valence-corrected chi connectivity index (χ4v) is 4.40. The molecule has 3 aromatic carbocycles. The number of phenolic OH excluding ortho intramolecular Hbond substituents is 1. The molecule has 4 rings (SSSR count). The number of ether oxygens (including phenoxy) is 2. The molecule has 0 spiro atoms. The highest BCUT2D eigenvalue weighted by Gasteiger charge is 2.36. The summed E-state index contributed by atoms with van der Waals surface area (Å²) in [5, 5.41) is 25.0. The SMILES string of the molecule is COc1ccc([C@H]2Nc3ccc([N+](=O)[O-])cc3[C@@H](c3ccc(O)c(OC)c3)[C@@H]2C)cc1. The molecule has 1 aliphatic rings. The zero-order valence-electron chi connectivity index (χ0n) is 17.5. The van der Waals surface area contributed by atoms with Gasteiger partial charge in [-0.2, -0.15) is 0 Å². The normalized spacial score (nSPS) is 19.8. The number of phenols is 1. The number of anilines is 1. The van der Waals surface area contributed by atoms with Crippen LogP contribution in [0.15, 0.2) is 60.7 Å². The number of nitrogens with one attached hydrogen (secondary N) is 1. The number of nitro groups is 1. The van der Waals surface area contributed by atoms with Crippen LogP contribution in [0.1, 0.15) is 35.6 Å². The van der Waals surface area contributed by atoms with Gasteiger partial charge in [0.25, 0.3) is 5.69 Å². The van der Waals surface area contributed by atoms with Gasteiger partial charge in [0, 0.05) is 23.7 Å². The second-order valence-corrected chi connectivity index (χ2v) is 7.69. The van der Waals surface area contributed by atoms with Crippen molar-refractivity contribution >= 4 is 11.4 Å². The molecular weight excluding hydrogens is 396 g/mol. The minimum Gasteiger partial charge on any atom is -0.504 e. The van der Waals surface area contributed by atoms with Crippen molar-refractivity contribution in [2.45, 2.75) is 18.9 Å². The van der Waals surface area contributed by atoms with Crippen LogP contribution in [0.25, 0.3) is 0 Å². The van der Waals surface area contributed by atoms with Crippen LogP contribution in [0, 0.1) is 16.0 Å². The number of nitrogens with zero attached hydrogens (tertiary/aromatic N) is 1. The van der Waals surface area contributed by atoms with E-state index in [1.165, 1.54) is 13.2 Å². The maximum absolute atomic E-state index is 11.4. The summed E-state index contributed by atoms with van der Waals surface area (Å²) in [4.78, 5) is 11.0. The third-order valence-electron chi connectivity index (χ3n) is 5.98. The van der Waals surface area contributed by atoms with Crippen molar-refractivity contribution in [3.63, 3.8) is 0 Å². The molecule has 0 fully saturated rings. The Balaban J connectivity index is 1.85. The number of nitro benzene ring substituents is 1. The highest BCUT2D eigenvalue weighted by molar-refractivity contribution is 5.64. The second kappa shape index (κ2) is 8.18. The van der Waals surface area contributed by atoms with Crippen LogP contribution in [0.4, 0.5) is 11.4 Å². The zero-order valence-corrected chi connectivity index (χ0v) is 17.5. The van der Waals surface area contributed by atoms with Gasteiger partial charge in [-0.05, 0) is 52.9 Å². The van der Waals surface area contributed by atoms with Crippen LogP contribution in [-0.2, 0) is 0 Å². The molecule has 3 atom stereocenters. The predicted molar refractivity (Wildman–Crippen MR) is 118 cm³/mol. The number of non-ortho nitro benzene ring substituents is 1. The summed E-state index contributed by atoms with van der Waals surface area (Å²) in [6, 6.07) is 18.0. The van der Waals surface area contributed by atoms with E-state index in [4.69, 9.17) is 9.47 Å². The van der Waals surface area contributed by atoms with Crippen molar-refractivity contribution in [1.82, 2.24) is 0 Å². The van der Waals surface area contributed by atoms with E-state index in [9.17, 15) is 15.2 Å². The topological polar surface area (TPSA) is 93.9 Å². The van der Waals surface area contributed by atoms with E-state index in [0.717, 1.165) is 28.1 Å². The zero-order chi connectivity index (χ0) is 22.1. The first-order chi connectivity index (χ1) is 14.9. The molecule has 1 aliphatic heterocycles. The molecule has 0 saturated carbocycles. The fraction of sp³-hybridized carbons (Fsp3) is 0.250. The lowest BCUT2D eigenvalue weighted by Gasteiger charge is -2.39. The van der Waals surface area contributed by atoms with Gasteiger partial charge in [0.1, 0.15) is 5.75 Å². The van der Waals surface area contributed by atoms with Crippen LogP contribution in [0.2, 0.25) is 0 Å². The third kappa shape index (κ3) is 3.74. The van der Waals surface area contributed by atoms with Crippen LogP contribution in [-0.4, -0.2) is 24.2 Å². The molecule has 7 nitrogen and oxygen atoms in total. The van der Waals surface area contributed by atoms with Crippen molar-refractivity contribution in [1.29, 1.82) is 0 Å². The van der Waals surface area contributed by atoms with Crippen LogP contribution < -0.4 is 14.8 Å². The van der Waals surface area contributed by atoms with Gasteiger partial charge in [0.05, 0.1) is 25.2 Å². The second-order valence-electron chi connectivity index (χ2n) is 7.69. The number of methoxy groups -OCH3 is 2. The van der Waals surface area contributed by atoms with E-state index in [-0.39, 0.29) is 34.2 Å². The Morgan fingerprint density at radius 1 is 0.968 bits per heavy atom. The standard InChI is InChI=1S/C24H24N2O5/c1-14-23(16-6-11-21(27)22(12-16)31-3)19-13-17(26(28)29)7-10-20(19)25-24(14)15-4-8-18(30-2)9-5-15/h4-14,23-25,27H,1-3H3/t14-,23+,24-/m0/s1. The van der Waals surface area contributed by atoms with E-state index in [2.05, 4.69) is 12.2 Å². The van der Waals surface area contributed by atoms with Crippen LogP contribution in [0.5, 0.6) is 17.2 Å². The molecule has 160 valence electrons. The Labute approximate surface area is 180 Å². The Morgan fingerprint density at radius 2 is 1.68 bits per heavy atom. The van der Waals surface area contributed by atoms with Gasteiger partial charge < -0.3 is 19.9 Å². The molecule has 0 aromatic heterocycles. The van der Waals surface area contributed by atoms with Crippen LogP contribution >= 0.6 is 0 Å². The number of hydrogen-bond donors (Lipinski definition) is 2. The summed E-state index contributed by atoms with van der Waals surface area (Å²) in [6.45, 7) is 2.12. The molecule has 0 saturated heterocycles. The summed E-state index contributed by atoms with van der Waals surface area (Å²) in [5.74, 6) is 1.12. The lowest BCUT2D eigenvalue weighted by atomic mass is 9.73. The van der Waals surface area contributed by atoms with Gasteiger partial charge >= 0.3 is 0 Å². The number of aromatic hydroxyl groups is 1. The minimum absolute atomic E-state index is 0.0235. The summed E-state index contributed by atoms with van der Waals surface area (Å²) in [7, 11) is 3.14. The molecule has 0 amide bonds. The van der Waals surface area contributed by atoms with Crippen molar-refractivity contribution < 1.29 is 19.5 Å². The predicted octanol–water partition coefficient (Wildman–Crippen LogP) is 5.25. The third-order valence-corrected chi connectivity index (χ3v) is 5.98. The van der Waals surface area contributed by atoms with Crippen LogP contribution in [0.3, 0.4) is 0 Å². The molecule has 7 heteroatoms. The average molecular weight is 420 g/mol. The number of fused-ring (bicyclic) bond motifs is 1. The summed E-state index contributed by atoms with van der Waals surface area (Å²) in [5.41, 5.74) is 3.75. The molecule has 0 radical (unpaired) electrons. The van der Waals surface area contributed by atoms with E-state index in [1.807, 2.05) is 30.3 Å². The van der Waals surface area contributed by atoms with Gasteiger partial charge in [-0.1, -0.05) is 25.1 Å². The molecule has 0 bridgehead atoms. The molecule has 31 heavy (non-hydrogen) atoms. The van der Waals surface area contributed by atoms with Crippen molar-refractivity contribution in [2.24, 2.45) is 5.92 Å². The smallest absolute Gasteiger partial charge is 0.269 e. The summed E-state index contributed by atoms with van der Waals surface area (Å²) >= 11 is 0. The first-order valence-corrected chi connectivity index (χ1v) is 9.98. The maximum Gasteiger partial charge on any atom is 0.269 e. The minimum atomic E-state index is -0.380. The highest BCUT2D eigenvalue weighted by atomic mass is 16.6. The largest absolute Gasteiger partial charge is 0.504 e. The van der Waals surface area contributed by atoms with E-state index >= 15 is 0 Å².